The summed E-state index contributed by atoms with van der Waals surface area (Å²) in [5.41, 5.74) is 0. The molecule has 0 bridgehead atoms. The summed E-state index contributed by atoms with van der Waals surface area (Å²) in [5, 5.41) is 5.98. The Hall–Kier alpha value is 0.230. The van der Waals surface area contributed by atoms with E-state index in [0.717, 1.165) is 0 Å². The minimum atomic E-state index is 0.133. The van der Waals surface area contributed by atoms with Crippen molar-refractivity contribution >= 4 is 40.6 Å². The van der Waals surface area contributed by atoms with Gasteiger partial charge >= 0.3 is 61.5 Å². The Bertz CT molecular complexity index is 230. The molecular weight excluding hydrogens is 232 g/mol. The van der Waals surface area contributed by atoms with Gasteiger partial charge in [0, 0.05) is 0 Å². The summed E-state index contributed by atoms with van der Waals surface area (Å²) in [4.78, 5) is 0. The van der Waals surface area contributed by atoms with Crippen molar-refractivity contribution in [2.75, 3.05) is 0 Å². The molecule has 0 aromatic carbocycles. The molecule has 2 heteroatoms. The van der Waals surface area contributed by atoms with Gasteiger partial charge in [-0.3, -0.25) is 0 Å². The van der Waals surface area contributed by atoms with Gasteiger partial charge in [0.2, 0.25) is 0 Å². The van der Waals surface area contributed by atoms with E-state index >= 15 is 0 Å². The van der Waals surface area contributed by atoms with Crippen molar-refractivity contribution in [3.8, 4) is 0 Å². The molecule has 0 unspecified atom stereocenters. The maximum atomic E-state index is 2.34. The van der Waals surface area contributed by atoms with Gasteiger partial charge in [0.1, 0.15) is 0 Å². The molecule has 0 aliphatic heterocycles. The third kappa shape index (κ3) is 0.647. The molecule has 0 aliphatic carbocycles. The van der Waals surface area contributed by atoms with Crippen LogP contribution in [0.1, 0.15) is 0 Å². The molecule has 8 heavy (non-hydrogen) atoms. The van der Waals surface area contributed by atoms with Crippen LogP contribution in [-0.2, 0) is 0 Å². The molecule has 0 nitrogen and oxygen atoms in total. The zero-order chi connectivity index (χ0) is 5.40. The van der Waals surface area contributed by atoms with Crippen molar-refractivity contribution in [3.05, 3.63) is 20.9 Å². The summed E-state index contributed by atoms with van der Waals surface area (Å²) in [6.45, 7) is 0. The summed E-state index contributed by atoms with van der Waals surface area (Å²) in [7, 11) is 0. The third-order valence-corrected chi connectivity index (χ3v) is 4.84. The van der Waals surface area contributed by atoms with Crippen LogP contribution in [0.5, 0.6) is 0 Å². The fourth-order valence-electron chi connectivity index (χ4n) is 0.693. The van der Waals surface area contributed by atoms with Crippen LogP contribution in [0.25, 0.3) is 8.79 Å². The molecule has 0 aliphatic rings. The summed E-state index contributed by atoms with van der Waals surface area (Å²) in [5.74, 6) is 0. The van der Waals surface area contributed by atoms with Crippen LogP contribution in [0.3, 0.4) is 0 Å². The minimum absolute atomic E-state index is 0.133. The van der Waals surface area contributed by atoms with Gasteiger partial charge in [-0.15, -0.1) is 0 Å². The molecule has 0 saturated carbocycles. The van der Waals surface area contributed by atoms with E-state index in [9.17, 15) is 0 Å². The van der Waals surface area contributed by atoms with Gasteiger partial charge in [0.25, 0.3) is 0 Å². The Kier molecular flexibility index (Phi) is 1.18. The van der Waals surface area contributed by atoms with Gasteiger partial charge in [0.05, 0.1) is 0 Å². The fraction of sp³-hybridized carbons (Fsp3) is 0. The molecule has 2 aromatic heterocycles. The molecule has 0 N–H and O–H groups in total. The van der Waals surface area contributed by atoms with Crippen LogP contribution < -0.4 is 0 Å². The topological polar surface area (TPSA) is 0 Å². The van der Waals surface area contributed by atoms with Gasteiger partial charge in [-0.1, -0.05) is 0 Å². The Morgan fingerprint density at radius 3 is 3.25 bits per heavy atom. The van der Waals surface area contributed by atoms with Gasteiger partial charge in [-0.05, 0) is 0 Å². The Morgan fingerprint density at radius 2 is 2.38 bits per heavy atom. The molecule has 0 spiro atoms. The molecule has 0 radical (unpaired) electrons. The summed E-state index contributed by atoms with van der Waals surface area (Å²) in [6, 6.07) is 2.24. The van der Waals surface area contributed by atoms with Crippen molar-refractivity contribution in [2.24, 2.45) is 0 Å². The van der Waals surface area contributed by atoms with Gasteiger partial charge in [0.15, 0.2) is 0 Å². The van der Waals surface area contributed by atoms with Crippen LogP contribution in [0.2, 0.25) is 0 Å². The van der Waals surface area contributed by atoms with E-state index in [0.29, 0.717) is 0 Å². The zero-order valence-corrected chi connectivity index (χ0v) is 7.27. The Balaban J connectivity index is 3.06. The number of hydrogen-bond acceptors (Lipinski definition) is 1. The number of hydrogen-bond donors (Lipinski definition) is 0. The van der Waals surface area contributed by atoms with E-state index in [2.05, 4.69) is 20.9 Å². The van der Waals surface area contributed by atoms with Gasteiger partial charge in [-0.25, -0.2) is 0 Å². The molecular formula is C6H4STe. The van der Waals surface area contributed by atoms with Gasteiger partial charge in [-0.2, -0.15) is 0 Å². The van der Waals surface area contributed by atoms with Gasteiger partial charge < -0.3 is 0 Å². The second-order valence-corrected chi connectivity index (χ2v) is 5.06. The zero-order valence-electron chi connectivity index (χ0n) is 4.13. The van der Waals surface area contributed by atoms with E-state index in [1.165, 1.54) is 5.39 Å². The number of rotatable bonds is 0. The van der Waals surface area contributed by atoms with Crippen LogP contribution in [0.15, 0.2) is 20.9 Å². The van der Waals surface area contributed by atoms with Crippen molar-refractivity contribution in [1.29, 1.82) is 0 Å². The Labute approximate surface area is 61.4 Å². The average Bonchev–Trinajstić information content (AvgIpc) is 2.15. The van der Waals surface area contributed by atoms with E-state index < -0.39 is 0 Å². The van der Waals surface area contributed by atoms with E-state index in [4.69, 9.17) is 0 Å². The number of fused-ring (bicyclic) bond motifs is 1. The summed E-state index contributed by atoms with van der Waals surface area (Å²) >= 11 is 1.96. The average molecular weight is 236 g/mol. The molecule has 2 rings (SSSR count). The first-order valence-electron chi connectivity index (χ1n) is 2.36. The standard InChI is InChI=1S/C6H4STe/c1-2-8-6-4-7-3-5(1)6/h1-4H. The van der Waals surface area contributed by atoms with E-state index in [1.807, 2.05) is 11.3 Å². The fourth-order valence-corrected chi connectivity index (χ4v) is 4.39. The quantitative estimate of drug-likeness (QED) is 0.613. The van der Waals surface area contributed by atoms with Crippen LogP contribution >= 0.6 is 11.3 Å². The normalized spacial score (nSPS) is 10.5. The second kappa shape index (κ2) is 1.88. The number of thiophene rings is 1. The molecule has 0 amide bonds. The molecule has 0 fully saturated rings. The first-order valence-corrected chi connectivity index (χ1v) is 5.81. The van der Waals surface area contributed by atoms with Crippen LogP contribution in [0.4, 0.5) is 0 Å². The SMILES string of the molecule is c1cc2cscc2[te]1. The monoisotopic (exact) mass is 238 g/mol. The predicted molar refractivity (Wildman–Crippen MR) is 38.8 cm³/mol. The van der Waals surface area contributed by atoms with E-state index in [1.54, 1.807) is 3.40 Å². The van der Waals surface area contributed by atoms with E-state index in [-0.39, 0.29) is 20.4 Å². The first kappa shape index (κ1) is 5.05. The third-order valence-electron chi connectivity index (χ3n) is 1.10. The predicted octanol–water partition coefficient (Wildman–Crippen LogP) is 1.96. The molecule has 2 heterocycles. The molecule has 0 atom stereocenters. The van der Waals surface area contributed by atoms with Crippen molar-refractivity contribution in [3.63, 3.8) is 0 Å². The van der Waals surface area contributed by atoms with Crippen molar-refractivity contribution in [1.82, 2.24) is 0 Å². The molecule has 2 aromatic rings. The second-order valence-electron chi connectivity index (χ2n) is 1.61. The van der Waals surface area contributed by atoms with Crippen LogP contribution in [0, 0.1) is 0 Å². The summed E-state index contributed by atoms with van der Waals surface area (Å²) < 4.78 is 3.96. The first-order chi connectivity index (χ1) is 3.97. The van der Waals surface area contributed by atoms with Crippen molar-refractivity contribution < 1.29 is 0 Å². The van der Waals surface area contributed by atoms with Crippen LogP contribution in [-0.4, -0.2) is 20.4 Å². The van der Waals surface area contributed by atoms with Crippen molar-refractivity contribution in [2.45, 2.75) is 0 Å². The molecule has 40 valence electrons. The summed E-state index contributed by atoms with van der Waals surface area (Å²) in [6.07, 6.45) is 0. The molecule has 0 saturated heterocycles. The maximum absolute atomic E-state index is 2.34. The Morgan fingerprint density at radius 1 is 1.38 bits per heavy atom.